The van der Waals surface area contributed by atoms with E-state index >= 15 is 0 Å². The number of phenolic OH excluding ortho intramolecular Hbond substituents is 2. The van der Waals surface area contributed by atoms with Crippen LogP contribution in [0.15, 0.2) is 101 Å². The summed E-state index contributed by atoms with van der Waals surface area (Å²) in [5.41, 5.74) is 8.27. The minimum Gasteiger partial charge on any atom is -0.504 e. The average Bonchev–Trinajstić information content (AvgIpc) is 3.29. The van der Waals surface area contributed by atoms with E-state index in [1.165, 1.54) is 6.07 Å². The summed E-state index contributed by atoms with van der Waals surface area (Å²) in [5, 5.41) is 29.2. The van der Waals surface area contributed by atoms with Gasteiger partial charge in [-0.1, -0.05) is 42.5 Å². The molecule has 0 bridgehead atoms. The smallest absolute Gasteiger partial charge is 0.179 e. The van der Waals surface area contributed by atoms with Crippen LogP contribution >= 0.6 is 0 Å². The van der Waals surface area contributed by atoms with E-state index in [2.05, 4.69) is 42.3 Å². The minimum absolute atomic E-state index is 0.173. The van der Waals surface area contributed by atoms with E-state index in [9.17, 15) is 10.2 Å². The van der Waals surface area contributed by atoms with Crippen LogP contribution in [0.1, 0.15) is 34.0 Å². The first-order valence-electron chi connectivity index (χ1n) is 13.5. The van der Waals surface area contributed by atoms with Crippen LogP contribution in [0.5, 0.6) is 11.5 Å². The molecule has 2 aliphatic heterocycles. The van der Waals surface area contributed by atoms with Gasteiger partial charge in [-0.25, -0.2) is 14.7 Å². The molecule has 1 aromatic heterocycles. The van der Waals surface area contributed by atoms with Crippen molar-refractivity contribution in [3.05, 3.63) is 119 Å². The lowest BCUT2D eigenvalue weighted by Gasteiger charge is -2.40. The zero-order valence-corrected chi connectivity index (χ0v) is 22.9. The van der Waals surface area contributed by atoms with Crippen molar-refractivity contribution in [3.8, 4) is 17.2 Å². The predicted molar refractivity (Wildman–Crippen MR) is 163 cm³/mol. The van der Waals surface area contributed by atoms with Crippen molar-refractivity contribution in [3.63, 3.8) is 0 Å². The molecular weight excluding hydrogens is 512 g/mol. The maximum absolute atomic E-state index is 10.6. The number of hydrogen-bond acceptors (Lipinski definition) is 7. The lowest BCUT2D eigenvalue weighted by atomic mass is 9.93. The van der Waals surface area contributed by atoms with Gasteiger partial charge in [-0.3, -0.25) is 0 Å². The number of benzene rings is 4. The van der Waals surface area contributed by atoms with E-state index in [0.29, 0.717) is 17.5 Å². The highest BCUT2D eigenvalue weighted by molar-refractivity contribution is 6.51. The van der Waals surface area contributed by atoms with Gasteiger partial charge in [0.2, 0.25) is 0 Å². The van der Waals surface area contributed by atoms with E-state index in [0.717, 1.165) is 50.7 Å². The van der Waals surface area contributed by atoms with Crippen molar-refractivity contribution in [2.24, 2.45) is 9.98 Å². The fourth-order valence-electron chi connectivity index (χ4n) is 5.76. The van der Waals surface area contributed by atoms with Gasteiger partial charge in [-0.2, -0.15) is 5.10 Å². The van der Waals surface area contributed by atoms with Crippen molar-refractivity contribution >= 4 is 34.6 Å². The van der Waals surface area contributed by atoms with Crippen LogP contribution in [0.25, 0.3) is 5.69 Å². The number of hydrogen-bond donors (Lipinski definition) is 3. The monoisotopic (exact) mass is 540 g/mol. The van der Waals surface area contributed by atoms with E-state index in [1.807, 2.05) is 72.3 Å². The molecule has 0 radical (unpaired) electrons. The molecule has 1 atom stereocenters. The highest BCUT2D eigenvalue weighted by Crippen LogP contribution is 2.49. The molecule has 0 saturated carbocycles. The molecule has 0 spiro atoms. The Bertz CT molecular complexity index is 1870. The first-order valence-corrected chi connectivity index (χ1v) is 13.5. The lowest BCUT2D eigenvalue weighted by molar-refractivity contribution is 0.403. The van der Waals surface area contributed by atoms with Crippen LogP contribution in [-0.4, -0.2) is 31.7 Å². The largest absolute Gasteiger partial charge is 0.504 e. The van der Waals surface area contributed by atoms with Crippen LogP contribution < -0.4 is 10.2 Å². The van der Waals surface area contributed by atoms with Crippen LogP contribution in [0, 0.1) is 20.8 Å². The normalized spacial score (nSPS) is 15.4. The van der Waals surface area contributed by atoms with E-state index in [-0.39, 0.29) is 11.5 Å². The molecule has 3 N–H and O–H groups in total. The van der Waals surface area contributed by atoms with Gasteiger partial charge in [0.1, 0.15) is 0 Å². The number of nitrogens with one attached hydrogen (secondary N) is 1. The second-order valence-electron chi connectivity index (χ2n) is 10.5. The van der Waals surface area contributed by atoms with Crippen molar-refractivity contribution in [2.75, 3.05) is 10.2 Å². The quantitative estimate of drug-likeness (QED) is 0.214. The summed E-state index contributed by atoms with van der Waals surface area (Å²) in [6, 6.07) is 28.7. The number of fused-ring (bicyclic) bond motifs is 4. The molecular formula is C33H28N6O2. The summed E-state index contributed by atoms with van der Waals surface area (Å²) in [6.45, 7) is 6.12. The van der Waals surface area contributed by atoms with Gasteiger partial charge >= 0.3 is 0 Å². The molecule has 0 amide bonds. The summed E-state index contributed by atoms with van der Waals surface area (Å²) >= 11 is 0. The average molecular weight is 541 g/mol. The predicted octanol–water partition coefficient (Wildman–Crippen LogP) is 7.00. The van der Waals surface area contributed by atoms with E-state index in [4.69, 9.17) is 15.1 Å². The third kappa shape index (κ3) is 4.12. The van der Waals surface area contributed by atoms with E-state index < -0.39 is 6.04 Å². The number of aryl methyl sites for hydroxylation is 3. The van der Waals surface area contributed by atoms with Crippen LogP contribution in [0.2, 0.25) is 0 Å². The number of nitrogens with zero attached hydrogens (tertiary/aromatic N) is 5. The number of amidine groups is 2. The number of aromatic nitrogens is 2. The SMILES string of the molecule is Cc1cc(C)cc(NC2=Nc3ccccc3N3C2=Nc2c(c(C)nn2-c2ccccc2)[C@H]3c2ccc(O)c(O)c2)c1. The van der Waals surface area contributed by atoms with Crippen molar-refractivity contribution in [2.45, 2.75) is 26.8 Å². The van der Waals surface area contributed by atoms with Gasteiger partial charge in [-0.05, 0) is 86.0 Å². The summed E-state index contributed by atoms with van der Waals surface area (Å²) in [7, 11) is 0. The van der Waals surface area contributed by atoms with Gasteiger partial charge in [0.15, 0.2) is 29.0 Å². The Morgan fingerprint density at radius 3 is 2.24 bits per heavy atom. The Hall–Kier alpha value is -5.37. The molecule has 3 heterocycles. The number of aromatic hydroxyl groups is 2. The third-order valence-corrected chi connectivity index (χ3v) is 7.44. The topological polar surface area (TPSA) is 98.3 Å². The lowest BCUT2D eigenvalue weighted by Crippen LogP contribution is -2.46. The summed E-state index contributed by atoms with van der Waals surface area (Å²) in [4.78, 5) is 12.4. The Labute approximate surface area is 237 Å². The Balaban J connectivity index is 1.50. The fourth-order valence-corrected chi connectivity index (χ4v) is 5.76. The van der Waals surface area contributed by atoms with Crippen molar-refractivity contribution < 1.29 is 10.2 Å². The fraction of sp³-hybridized carbons (Fsp3) is 0.121. The number of phenols is 2. The number of aliphatic imine (C=N–C) groups is 2. The molecule has 0 saturated heterocycles. The number of rotatable bonds is 3. The van der Waals surface area contributed by atoms with Gasteiger partial charge < -0.3 is 20.4 Å². The van der Waals surface area contributed by atoms with Crippen LogP contribution in [-0.2, 0) is 0 Å². The highest BCUT2D eigenvalue weighted by atomic mass is 16.3. The zero-order chi connectivity index (χ0) is 28.2. The second kappa shape index (κ2) is 9.38. The third-order valence-electron chi connectivity index (χ3n) is 7.44. The Morgan fingerprint density at radius 1 is 0.756 bits per heavy atom. The van der Waals surface area contributed by atoms with Crippen molar-refractivity contribution in [1.82, 2.24) is 9.78 Å². The molecule has 8 heteroatoms. The molecule has 202 valence electrons. The van der Waals surface area contributed by atoms with Gasteiger partial charge in [0.05, 0.1) is 28.8 Å². The molecule has 8 nitrogen and oxygen atoms in total. The van der Waals surface area contributed by atoms with E-state index in [1.54, 1.807) is 6.07 Å². The van der Waals surface area contributed by atoms with Crippen LogP contribution in [0.4, 0.5) is 22.9 Å². The maximum Gasteiger partial charge on any atom is 0.179 e. The first kappa shape index (κ1) is 24.7. The summed E-state index contributed by atoms with van der Waals surface area (Å²) in [6.07, 6.45) is 0. The van der Waals surface area contributed by atoms with Crippen LogP contribution in [0.3, 0.4) is 0 Å². The summed E-state index contributed by atoms with van der Waals surface area (Å²) < 4.78 is 1.86. The number of para-hydroxylation sites is 3. The first-order chi connectivity index (χ1) is 19.9. The molecule has 41 heavy (non-hydrogen) atoms. The molecule has 7 rings (SSSR count). The van der Waals surface area contributed by atoms with Gasteiger partial charge in [0, 0.05) is 11.3 Å². The molecule has 2 aliphatic rings. The number of anilines is 2. The van der Waals surface area contributed by atoms with Gasteiger partial charge in [0.25, 0.3) is 0 Å². The second-order valence-corrected chi connectivity index (χ2v) is 10.5. The molecule has 0 unspecified atom stereocenters. The summed E-state index contributed by atoms with van der Waals surface area (Å²) in [5.74, 6) is 1.56. The Morgan fingerprint density at radius 2 is 1.49 bits per heavy atom. The van der Waals surface area contributed by atoms with Gasteiger partial charge in [-0.15, -0.1) is 0 Å². The maximum atomic E-state index is 10.6. The molecule has 4 aromatic carbocycles. The molecule has 0 fully saturated rings. The Kier molecular flexibility index (Phi) is 5.64. The molecule has 5 aromatic rings. The van der Waals surface area contributed by atoms with Crippen molar-refractivity contribution in [1.29, 1.82) is 0 Å². The zero-order valence-electron chi connectivity index (χ0n) is 22.9. The minimum atomic E-state index is -0.408. The highest BCUT2D eigenvalue weighted by Gasteiger charge is 2.41. The standard InChI is InChI=1S/C33H28N6O2/c1-19-15-20(2)17-23(16-19)34-31-33-36-32-29(21(3)37-39(32)24-9-5-4-6-10-24)30(22-13-14-27(40)28(41)18-22)38(33)26-12-8-7-11-25(26)35-31/h4-18,30,40-41H,1-3H3,(H,34,35)/t30-/m1/s1. The molecule has 0 aliphatic carbocycles.